The number of benzene rings is 1. The van der Waals surface area contributed by atoms with Crippen LogP contribution in [0.25, 0.3) is 11.0 Å². The summed E-state index contributed by atoms with van der Waals surface area (Å²) in [7, 11) is 3.02. The topological polar surface area (TPSA) is 121 Å². The molecule has 27 heavy (non-hydrogen) atoms. The molecule has 1 amide bonds. The number of anilines is 1. The van der Waals surface area contributed by atoms with E-state index in [1.165, 1.54) is 36.0 Å². The number of methoxy groups -OCH3 is 2. The van der Waals surface area contributed by atoms with Crippen molar-refractivity contribution in [1.82, 2.24) is 19.3 Å². The first kappa shape index (κ1) is 18.4. The highest BCUT2D eigenvalue weighted by molar-refractivity contribution is 5.91. The van der Waals surface area contributed by atoms with Crippen molar-refractivity contribution in [3.05, 3.63) is 41.1 Å². The largest absolute Gasteiger partial charge is 0.493 e. The molecule has 2 N–H and O–H groups in total. The molecule has 0 radical (unpaired) electrons. The van der Waals surface area contributed by atoms with Gasteiger partial charge in [-0.2, -0.15) is 5.10 Å². The Kier molecular flexibility index (Phi) is 5.36. The summed E-state index contributed by atoms with van der Waals surface area (Å²) in [6.45, 7) is -0.0870. The summed E-state index contributed by atoms with van der Waals surface area (Å²) in [5, 5.41) is 16.0. The molecule has 0 unspecified atom stereocenters. The van der Waals surface area contributed by atoms with Crippen LogP contribution in [0.5, 0.6) is 11.5 Å². The lowest BCUT2D eigenvalue weighted by Crippen LogP contribution is -2.28. The van der Waals surface area contributed by atoms with Gasteiger partial charge in [0, 0.05) is 11.8 Å². The summed E-state index contributed by atoms with van der Waals surface area (Å²) in [4.78, 5) is 29.0. The van der Waals surface area contributed by atoms with Crippen molar-refractivity contribution in [2.45, 2.75) is 13.1 Å². The molecule has 0 atom stereocenters. The maximum Gasteiger partial charge on any atom is 0.264 e. The van der Waals surface area contributed by atoms with Gasteiger partial charge in [0.05, 0.1) is 33.6 Å². The van der Waals surface area contributed by atoms with Crippen molar-refractivity contribution >= 4 is 22.6 Å². The van der Waals surface area contributed by atoms with E-state index in [9.17, 15) is 9.59 Å². The lowest BCUT2D eigenvalue weighted by Gasteiger charge is -2.11. The zero-order chi connectivity index (χ0) is 19.4. The van der Waals surface area contributed by atoms with Gasteiger partial charge in [0.1, 0.15) is 18.3 Å². The van der Waals surface area contributed by atoms with E-state index >= 15 is 0 Å². The van der Waals surface area contributed by atoms with Gasteiger partial charge in [-0.05, 0) is 12.1 Å². The fourth-order valence-corrected chi connectivity index (χ4v) is 2.64. The lowest BCUT2D eigenvalue weighted by molar-refractivity contribution is -0.116. The van der Waals surface area contributed by atoms with Gasteiger partial charge in [0.25, 0.3) is 5.56 Å². The van der Waals surface area contributed by atoms with Crippen LogP contribution in [0.3, 0.4) is 0 Å². The standard InChI is InChI=1S/C17H19N5O5/c1-26-13-4-3-11(7-14(13)27-2)20-15(24)9-21-10-18-16-12(17(21)25)8-19-22(16)5-6-23/h3-4,7-8,10,23H,5-6,9H2,1-2H3,(H,20,24). The number of rotatable bonds is 7. The molecule has 0 bridgehead atoms. The summed E-state index contributed by atoms with van der Waals surface area (Å²) < 4.78 is 13.0. The van der Waals surface area contributed by atoms with Crippen LogP contribution in [0, 0.1) is 0 Å². The maximum absolute atomic E-state index is 12.5. The predicted octanol–water partition coefficient (Wildman–Crippen LogP) is 0.241. The number of nitrogens with zero attached hydrogens (tertiary/aromatic N) is 4. The van der Waals surface area contributed by atoms with Gasteiger partial charge in [-0.3, -0.25) is 14.2 Å². The van der Waals surface area contributed by atoms with Crippen molar-refractivity contribution in [3.8, 4) is 11.5 Å². The number of aromatic nitrogens is 4. The van der Waals surface area contributed by atoms with E-state index in [-0.39, 0.29) is 30.6 Å². The predicted molar refractivity (Wildman–Crippen MR) is 97.0 cm³/mol. The van der Waals surface area contributed by atoms with Gasteiger partial charge in [-0.1, -0.05) is 0 Å². The van der Waals surface area contributed by atoms with Crippen molar-refractivity contribution < 1.29 is 19.4 Å². The summed E-state index contributed by atoms with van der Waals surface area (Å²) >= 11 is 0. The van der Waals surface area contributed by atoms with Crippen LogP contribution in [-0.4, -0.2) is 51.2 Å². The number of carbonyl (C=O) groups is 1. The summed E-state index contributed by atoms with van der Waals surface area (Å²) in [6.07, 6.45) is 2.66. The fraction of sp³-hybridized carbons (Fsp3) is 0.294. The van der Waals surface area contributed by atoms with E-state index in [4.69, 9.17) is 14.6 Å². The minimum Gasteiger partial charge on any atom is -0.493 e. The second kappa shape index (κ2) is 7.87. The van der Waals surface area contributed by atoms with Gasteiger partial charge in [0.2, 0.25) is 5.91 Å². The number of aliphatic hydroxyl groups is 1. The number of carbonyl (C=O) groups excluding carboxylic acids is 1. The summed E-state index contributed by atoms with van der Waals surface area (Å²) in [5.74, 6) is 0.626. The average Bonchev–Trinajstić information content (AvgIpc) is 3.08. The SMILES string of the molecule is COc1ccc(NC(=O)Cn2cnc3c(cnn3CCO)c2=O)cc1OC. The Morgan fingerprint density at radius 3 is 2.74 bits per heavy atom. The molecule has 0 aliphatic carbocycles. The normalized spacial score (nSPS) is 10.8. The van der Waals surface area contributed by atoms with Gasteiger partial charge in [0.15, 0.2) is 17.1 Å². The lowest BCUT2D eigenvalue weighted by atomic mass is 10.2. The van der Waals surface area contributed by atoms with Crippen LogP contribution in [0.15, 0.2) is 35.5 Å². The van der Waals surface area contributed by atoms with E-state index < -0.39 is 5.91 Å². The first-order valence-electron chi connectivity index (χ1n) is 8.11. The quantitative estimate of drug-likeness (QED) is 0.609. The maximum atomic E-state index is 12.5. The molecular weight excluding hydrogens is 354 g/mol. The average molecular weight is 373 g/mol. The van der Waals surface area contributed by atoms with Crippen molar-refractivity contribution in [3.63, 3.8) is 0 Å². The minimum absolute atomic E-state index is 0.116. The molecule has 0 aliphatic heterocycles. The van der Waals surface area contributed by atoms with Crippen LogP contribution in [0.4, 0.5) is 5.69 Å². The molecule has 142 valence electrons. The number of hydrogen-bond acceptors (Lipinski definition) is 7. The van der Waals surface area contributed by atoms with Crippen LogP contribution in [0.1, 0.15) is 0 Å². The molecule has 0 fully saturated rings. The molecule has 10 nitrogen and oxygen atoms in total. The number of fused-ring (bicyclic) bond motifs is 1. The van der Waals surface area contributed by atoms with Crippen molar-refractivity contribution in [1.29, 1.82) is 0 Å². The Morgan fingerprint density at radius 2 is 2.04 bits per heavy atom. The smallest absolute Gasteiger partial charge is 0.264 e. The second-order valence-corrected chi connectivity index (χ2v) is 5.62. The van der Waals surface area contributed by atoms with E-state index in [2.05, 4.69) is 15.4 Å². The third-order valence-corrected chi connectivity index (χ3v) is 3.92. The summed E-state index contributed by atoms with van der Waals surface area (Å²) in [6, 6.07) is 4.96. The van der Waals surface area contributed by atoms with E-state index in [0.717, 1.165) is 0 Å². The Labute approximate surface area is 154 Å². The Balaban J connectivity index is 1.78. The molecular formula is C17H19N5O5. The number of ether oxygens (including phenoxy) is 2. The van der Waals surface area contributed by atoms with E-state index in [0.29, 0.717) is 22.8 Å². The zero-order valence-electron chi connectivity index (χ0n) is 14.9. The molecule has 0 saturated carbocycles. The van der Waals surface area contributed by atoms with E-state index in [1.54, 1.807) is 18.2 Å². The molecule has 2 aromatic heterocycles. The highest BCUT2D eigenvalue weighted by atomic mass is 16.5. The monoisotopic (exact) mass is 373 g/mol. The fourth-order valence-electron chi connectivity index (χ4n) is 2.64. The van der Waals surface area contributed by atoms with E-state index in [1.807, 2.05) is 0 Å². The van der Waals surface area contributed by atoms with Gasteiger partial charge >= 0.3 is 0 Å². The molecule has 2 heterocycles. The van der Waals surface area contributed by atoms with Gasteiger partial charge in [-0.25, -0.2) is 9.67 Å². The zero-order valence-corrected chi connectivity index (χ0v) is 14.9. The molecule has 3 aromatic rings. The third-order valence-electron chi connectivity index (χ3n) is 3.92. The summed E-state index contributed by atoms with van der Waals surface area (Å²) in [5.41, 5.74) is 0.493. The Morgan fingerprint density at radius 1 is 1.26 bits per heavy atom. The molecule has 0 saturated heterocycles. The Bertz CT molecular complexity index is 1030. The highest BCUT2D eigenvalue weighted by Crippen LogP contribution is 2.29. The minimum atomic E-state index is -0.395. The van der Waals surface area contributed by atoms with Gasteiger partial charge < -0.3 is 19.9 Å². The van der Waals surface area contributed by atoms with Crippen molar-refractivity contribution in [2.75, 3.05) is 26.1 Å². The van der Waals surface area contributed by atoms with Crippen molar-refractivity contribution in [2.24, 2.45) is 0 Å². The third kappa shape index (κ3) is 3.75. The van der Waals surface area contributed by atoms with Crippen LogP contribution < -0.4 is 20.3 Å². The molecule has 10 heteroatoms. The number of amides is 1. The number of hydrogen-bond donors (Lipinski definition) is 2. The number of nitrogens with one attached hydrogen (secondary N) is 1. The first-order valence-corrected chi connectivity index (χ1v) is 8.11. The molecule has 0 aliphatic rings. The molecule has 1 aromatic carbocycles. The van der Waals surface area contributed by atoms with Gasteiger partial charge in [-0.15, -0.1) is 0 Å². The van der Waals surface area contributed by atoms with Crippen LogP contribution >= 0.6 is 0 Å². The molecule has 3 rings (SSSR count). The number of aliphatic hydroxyl groups excluding tert-OH is 1. The van der Waals surface area contributed by atoms with Crippen LogP contribution in [0.2, 0.25) is 0 Å². The molecule has 0 spiro atoms. The second-order valence-electron chi connectivity index (χ2n) is 5.62. The highest BCUT2D eigenvalue weighted by Gasteiger charge is 2.13. The first-order chi connectivity index (χ1) is 13.1. The Hall–Kier alpha value is -3.40. The van der Waals surface area contributed by atoms with Crippen LogP contribution in [-0.2, 0) is 17.9 Å².